The number of para-hydroxylation sites is 2. The van der Waals surface area contributed by atoms with Gasteiger partial charge in [0.15, 0.2) is 0 Å². The molecule has 0 unspecified atom stereocenters. The van der Waals surface area contributed by atoms with E-state index in [0.717, 1.165) is 0 Å². The minimum Gasteiger partial charge on any atom is -0.478 e. The number of aromatic carboxylic acids is 1. The van der Waals surface area contributed by atoms with Crippen molar-refractivity contribution in [2.75, 3.05) is 6.54 Å². The normalized spacial score (nSPS) is 11.8. The minimum atomic E-state index is -1.05. The van der Waals surface area contributed by atoms with Crippen molar-refractivity contribution < 1.29 is 29.0 Å². The largest absolute Gasteiger partial charge is 0.478 e. The van der Waals surface area contributed by atoms with E-state index < -0.39 is 29.4 Å². The van der Waals surface area contributed by atoms with Gasteiger partial charge in [-0.25, -0.2) is 23.9 Å². The second-order valence-electron chi connectivity index (χ2n) is 10.5. The zero-order chi connectivity index (χ0) is 26.7. The summed E-state index contributed by atoms with van der Waals surface area (Å²) < 4.78 is 12.6. The van der Waals surface area contributed by atoms with Gasteiger partial charge in [0.2, 0.25) is 0 Å². The Morgan fingerprint density at radius 2 is 1.61 bits per heavy atom. The van der Waals surface area contributed by atoms with Gasteiger partial charge in [0.25, 0.3) is 0 Å². The number of carbonyl (C=O) groups excluding carboxylic acids is 2. The highest BCUT2D eigenvalue weighted by Gasteiger charge is 2.26. The molecule has 0 radical (unpaired) electrons. The summed E-state index contributed by atoms with van der Waals surface area (Å²) in [5.41, 5.74) is 0.597. The van der Waals surface area contributed by atoms with Gasteiger partial charge in [-0.2, -0.15) is 0 Å². The fourth-order valence-electron chi connectivity index (χ4n) is 3.57. The van der Waals surface area contributed by atoms with Gasteiger partial charge in [-0.15, -0.1) is 0 Å². The van der Waals surface area contributed by atoms with Gasteiger partial charge in [0, 0.05) is 19.5 Å². The summed E-state index contributed by atoms with van der Waals surface area (Å²) in [6.45, 7) is 11.0. The highest BCUT2D eigenvalue weighted by Crippen LogP contribution is 2.21. The first-order valence-electron chi connectivity index (χ1n) is 11.7. The van der Waals surface area contributed by atoms with Crippen molar-refractivity contribution in [2.45, 2.75) is 65.7 Å². The van der Waals surface area contributed by atoms with E-state index in [4.69, 9.17) is 9.47 Å². The summed E-state index contributed by atoms with van der Waals surface area (Å²) in [7, 11) is 0. The number of amides is 1. The SMILES string of the molecule is CC(C)(C)OC(=O)N(CCc1nc2ccccc2n1C(=O)OC(C)(C)C)Cc1cccc(C(=O)O)c1. The Labute approximate surface area is 210 Å². The summed E-state index contributed by atoms with van der Waals surface area (Å²) in [5, 5.41) is 9.33. The predicted molar refractivity (Wildman–Crippen MR) is 135 cm³/mol. The molecule has 2 aromatic carbocycles. The molecule has 1 amide bonds. The van der Waals surface area contributed by atoms with Crippen molar-refractivity contribution in [3.8, 4) is 0 Å². The molecule has 1 aromatic heterocycles. The van der Waals surface area contributed by atoms with E-state index in [1.807, 2.05) is 18.2 Å². The van der Waals surface area contributed by atoms with Gasteiger partial charge < -0.3 is 19.5 Å². The van der Waals surface area contributed by atoms with Crippen molar-refractivity contribution in [1.29, 1.82) is 0 Å². The third-order valence-electron chi connectivity index (χ3n) is 5.01. The van der Waals surface area contributed by atoms with Gasteiger partial charge in [0.05, 0.1) is 16.6 Å². The lowest BCUT2D eigenvalue weighted by Gasteiger charge is -2.27. The zero-order valence-corrected chi connectivity index (χ0v) is 21.6. The van der Waals surface area contributed by atoms with Gasteiger partial charge in [-0.1, -0.05) is 24.3 Å². The number of ether oxygens (including phenoxy) is 2. The highest BCUT2D eigenvalue weighted by molar-refractivity contribution is 5.88. The lowest BCUT2D eigenvalue weighted by atomic mass is 10.1. The lowest BCUT2D eigenvalue weighted by molar-refractivity contribution is 0.0235. The summed E-state index contributed by atoms with van der Waals surface area (Å²) in [6.07, 6.45) is -0.862. The molecular weight excluding hydrogens is 462 g/mol. The van der Waals surface area contributed by atoms with Crippen LogP contribution in [0.2, 0.25) is 0 Å². The number of hydrogen-bond acceptors (Lipinski definition) is 6. The molecule has 0 saturated carbocycles. The Bertz CT molecular complexity index is 1270. The Balaban J connectivity index is 1.92. The fraction of sp³-hybridized carbons (Fsp3) is 0.407. The maximum Gasteiger partial charge on any atom is 0.420 e. The quantitative estimate of drug-likeness (QED) is 0.481. The maximum atomic E-state index is 13.1. The molecule has 1 heterocycles. The average molecular weight is 496 g/mol. The van der Waals surface area contributed by atoms with E-state index in [1.165, 1.54) is 21.6 Å². The Morgan fingerprint density at radius 1 is 0.944 bits per heavy atom. The minimum absolute atomic E-state index is 0.128. The summed E-state index contributed by atoms with van der Waals surface area (Å²) >= 11 is 0. The molecule has 0 spiro atoms. The first-order chi connectivity index (χ1) is 16.7. The van der Waals surface area contributed by atoms with Crippen LogP contribution in [-0.4, -0.2) is 55.5 Å². The number of rotatable bonds is 6. The maximum absolute atomic E-state index is 13.1. The number of imidazole rings is 1. The number of nitrogens with zero attached hydrogens (tertiary/aromatic N) is 3. The van der Waals surface area contributed by atoms with Gasteiger partial charge in [-0.05, 0) is 71.4 Å². The molecule has 3 aromatic rings. The second kappa shape index (κ2) is 10.4. The number of carboxylic acid groups (broad SMARTS) is 1. The first-order valence-corrected chi connectivity index (χ1v) is 11.7. The van der Waals surface area contributed by atoms with Crippen LogP contribution in [0.1, 0.15) is 63.3 Å². The first kappa shape index (κ1) is 26.7. The van der Waals surface area contributed by atoms with Crippen molar-refractivity contribution in [2.24, 2.45) is 0 Å². The van der Waals surface area contributed by atoms with Crippen LogP contribution in [0.4, 0.5) is 9.59 Å². The molecule has 0 atom stereocenters. The number of carbonyl (C=O) groups is 3. The van der Waals surface area contributed by atoms with Crippen molar-refractivity contribution in [3.05, 3.63) is 65.5 Å². The third-order valence-corrected chi connectivity index (χ3v) is 5.01. The Kier molecular flexibility index (Phi) is 7.71. The summed E-state index contributed by atoms with van der Waals surface area (Å²) in [4.78, 5) is 43.6. The van der Waals surface area contributed by atoms with Crippen LogP contribution in [0.5, 0.6) is 0 Å². The molecule has 0 bridgehead atoms. The molecule has 9 heteroatoms. The average Bonchev–Trinajstić information content (AvgIpc) is 3.13. The molecule has 1 N–H and O–H groups in total. The molecule has 36 heavy (non-hydrogen) atoms. The molecule has 9 nitrogen and oxygen atoms in total. The number of fused-ring (bicyclic) bond motifs is 1. The van der Waals surface area contributed by atoms with Crippen molar-refractivity contribution in [1.82, 2.24) is 14.5 Å². The number of aromatic nitrogens is 2. The Morgan fingerprint density at radius 3 is 2.25 bits per heavy atom. The van der Waals surface area contributed by atoms with Crippen LogP contribution >= 0.6 is 0 Å². The van der Waals surface area contributed by atoms with Crippen LogP contribution in [0.15, 0.2) is 48.5 Å². The smallest absolute Gasteiger partial charge is 0.420 e. The topological polar surface area (TPSA) is 111 Å². The molecule has 0 saturated heterocycles. The Hall–Kier alpha value is -3.88. The lowest BCUT2D eigenvalue weighted by Crippen LogP contribution is -2.38. The van der Waals surface area contributed by atoms with E-state index >= 15 is 0 Å². The monoisotopic (exact) mass is 495 g/mol. The van der Waals surface area contributed by atoms with Gasteiger partial charge in [0.1, 0.15) is 17.0 Å². The van der Waals surface area contributed by atoms with Crippen molar-refractivity contribution >= 4 is 29.2 Å². The molecule has 0 aliphatic rings. The van der Waals surface area contributed by atoms with Gasteiger partial charge >= 0.3 is 18.2 Å². The van der Waals surface area contributed by atoms with E-state index in [0.29, 0.717) is 22.4 Å². The number of hydrogen-bond donors (Lipinski definition) is 1. The van der Waals surface area contributed by atoms with Crippen LogP contribution in [0, 0.1) is 0 Å². The summed E-state index contributed by atoms with van der Waals surface area (Å²) in [6, 6.07) is 13.6. The highest BCUT2D eigenvalue weighted by atomic mass is 16.6. The fourth-order valence-corrected chi connectivity index (χ4v) is 3.57. The van der Waals surface area contributed by atoms with Crippen molar-refractivity contribution in [3.63, 3.8) is 0 Å². The molecule has 192 valence electrons. The van der Waals surface area contributed by atoms with Crippen LogP contribution in [-0.2, 0) is 22.4 Å². The number of benzene rings is 2. The van der Waals surface area contributed by atoms with Crippen LogP contribution < -0.4 is 0 Å². The van der Waals surface area contributed by atoms with E-state index in [9.17, 15) is 19.5 Å². The predicted octanol–water partition coefficient (Wildman–Crippen LogP) is 5.50. The van der Waals surface area contributed by atoms with E-state index in [-0.39, 0.29) is 25.1 Å². The van der Waals surface area contributed by atoms with Crippen LogP contribution in [0.25, 0.3) is 11.0 Å². The molecule has 0 aliphatic carbocycles. The second-order valence-corrected chi connectivity index (χ2v) is 10.5. The van der Waals surface area contributed by atoms with E-state index in [1.54, 1.807) is 59.7 Å². The zero-order valence-electron chi connectivity index (χ0n) is 21.6. The third kappa shape index (κ3) is 7.07. The molecule has 0 fully saturated rings. The molecular formula is C27H33N3O6. The standard InChI is InChI=1S/C27H33N3O6/c1-26(2,3)35-24(33)29(17-18-10-9-11-19(16-18)23(31)32)15-14-22-28-20-12-7-8-13-21(20)30(22)25(34)36-27(4,5)6/h7-13,16H,14-15,17H2,1-6H3,(H,31,32). The van der Waals surface area contributed by atoms with Crippen LogP contribution in [0.3, 0.4) is 0 Å². The van der Waals surface area contributed by atoms with E-state index in [2.05, 4.69) is 4.98 Å². The van der Waals surface area contributed by atoms with Gasteiger partial charge in [-0.3, -0.25) is 0 Å². The molecule has 0 aliphatic heterocycles. The molecule has 3 rings (SSSR count). The number of carboxylic acids is 1. The summed E-state index contributed by atoms with van der Waals surface area (Å²) in [5.74, 6) is -0.606.